The van der Waals surface area contributed by atoms with Crippen molar-refractivity contribution in [1.82, 2.24) is 9.55 Å². The summed E-state index contributed by atoms with van der Waals surface area (Å²) in [5, 5.41) is 0.910. The predicted octanol–water partition coefficient (Wildman–Crippen LogP) is 9.28. The van der Waals surface area contributed by atoms with E-state index in [-0.39, 0.29) is 0 Å². The van der Waals surface area contributed by atoms with Gasteiger partial charge in [-0.15, -0.1) is 0 Å². The van der Waals surface area contributed by atoms with Crippen molar-refractivity contribution in [3.05, 3.63) is 120 Å². The highest BCUT2D eigenvalue weighted by molar-refractivity contribution is 5.96. The van der Waals surface area contributed by atoms with Crippen LogP contribution in [-0.2, 0) is 6.37 Å². The molecule has 0 spiro atoms. The molecule has 0 atom stereocenters. The molecule has 0 saturated carbocycles. The minimum absolute atomic E-state index is 0.330. The van der Waals surface area contributed by atoms with Gasteiger partial charge in [0.05, 0.1) is 22.3 Å². The summed E-state index contributed by atoms with van der Waals surface area (Å²) in [5.41, 5.74) is 8.41. The zero-order chi connectivity index (χ0) is 27.3. The number of nitrogens with zero attached hydrogens (tertiary/aromatic N) is 2. The molecule has 0 unspecified atom stereocenters. The van der Waals surface area contributed by atoms with Gasteiger partial charge in [-0.05, 0) is 58.7 Å². The number of furan rings is 1. The number of fused-ring (bicyclic) bond motifs is 2. The number of hydrogen-bond acceptors (Lipinski definition) is 2. The largest absolute Gasteiger partial charge is 0.464 e. The molecular weight excluding hydrogens is 452 g/mol. The van der Waals surface area contributed by atoms with Crippen molar-refractivity contribution >= 4 is 22.0 Å². The number of aromatic nitrogens is 2. The molecule has 6 rings (SSSR count). The van der Waals surface area contributed by atoms with Gasteiger partial charge in [-0.3, -0.25) is 4.57 Å². The second kappa shape index (κ2) is 9.40. The normalized spacial score (nSPS) is 13.0. The molecule has 2 aromatic heterocycles. The van der Waals surface area contributed by atoms with E-state index in [1.165, 1.54) is 16.8 Å². The first-order chi connectivity index (χ1) is 18.8. The van der Waals surface area contributed by atoms with Crippen molar-refractivity contribution in [3.8, 4) is 17.1 Å². The fourth-order valence-electron chi connectivity index (χ4n) is 5.17. The lowest BCUT2D eigenvalue weighted by Crippen LogP contribution is -2.08. The lowest BCUT2D eigenvalue weighted by atomic mass is 9.92. The summed E-state index contributed by atoms with van der Waals surface area (Å²) in [6.45, 7) is 8.93. The SMILES string of the molecule is [2H]C([2H])(c1ccccc1)c1ccc2c(-c3nc4ccccc4n3-c3c(C(C)C)cccc3C(C)C)coc2c1. The van der Waals surface area contributed by atoms with Crippen molar-refractivity contribution < 1.29 is 7.16 Å². The second-order valence-corrected chi connectivity index (χ2v) is 10.2. The highest BCUT2D eigenvalue weighted by Gasteiger charge is 2.23. The fraction of sp³-hybridized carbons (Fsp3) is 0.206. The van der Waals surface area contributed by atoms with Gasteiger partial charge in [0.1, 0.15) is 17.7 Å². The minimum atomic E-state index is -1.64. The summed E-state index contributed by atoms with van der Waals surface area (Å²) in [7, 11) is 0. The molecule has 0 fully saturated rings. The Morgan fingerprint density at radius 2 is 1.49 bits per heavy atom. The van der Waals surface area contributed by atoms with Crippen molar-refractivity contribution in [2.24, 2.45) is 0 Å². The van der Waals surface area contributed by atoms with Crippen LogP contribution in [-0.4, -0.2) is 9.55 Å². The van der Waals surface area contributed by atoms with Crippen molar-refractivity contribution in [1.29, 1.82) is 0 Å². The van der Waals surface area contributed by atoms with Gasteiger partial charge in [0, 0.05) is 8.13 Å². The van der Waals surface area contributed by atoms with Crippen LogP contribution in [0.5, 0.6) is 0 Å². The zero-order valence-corrected chi connectivity index (χ0v) is 21.7. The van der Waals surface area contributed by atoms with E-state index in [0.717, 1.165) is 27.8 Å². The quantitative estimate of drug-likeness (QED) is 0.235. The summed E-state index contributed by atoms with van der Waals surface area (Å²) in [6.07, 6.45) is 0.120. The van der Waals surface area contributed by atoms with E-state index < -0.39 is 6.37 Å². The second-order valence-electron chi connectivity index (χ2n) is 10.2. The molecule has 2 heterocycles. The molecule has 0 N–H and O–H groups in total. The lowest BCUT2D eigenvalue weighted by Gasteiger charge is -2.22. The van der Waals surface area contributed by atoms with E-state index >= 15 is 0 Å². The Bertz CT molecular complexity index is 1770. The van der Waals surface area contributed by atoms with Gasteiger partial charge < -0.3 is 4.42 Å². The topological polar surface area (TPSA) is 31.0 Å². The molecule has 3 heteroatoms. The number of hydrogen-bond donors (Lipinski definition) is 0. The third-order valence-electron chi connectivity index (χ3n) is 7.01. The molecule has 184 valence electrons. The molecule has 0 aliphatic carbocycles. The van der Waals surface area contributed by atoms with Crippen LogP contribution < -0.4 is 0 Å². The van der Waals surface area contributed by atoms with E-state index in [4.69, 9.17) is 12.1 Å². The molecule has 3 nitrogen and oxygen atoms in total. The van der Waals surface area contributed by atoms with Crippen LogP contribution in [0.2, 0.25) is 0 Å². The number of imidazole rings is 1. The van der Waals surface area contributed by atoms with Gasteiger partial charge in [-0.1, -0.05) is 100 Å². The Kier molecular flexibility index (Phi) is 5.34. The first-order valence-corrected chi connectivity index (χ1v) is 13.0. The van der Waals surface area contributed by atoms with Crippen LogP contribution in [0.25, 0.3) is 39.1 Å². The Morgan fingerprint density at radius 3 is 2.22 bits per heavy atom. The lowest BCUT2D eigenvalue weighted by molar-refractivity contribution is 0.616. The molecule has 0 radical (unpaired) electrons. The molecule has 0 aliphatic rings. The molecule has 0 aliphatic heterocycles. The van der Waals surface area contributed by atoms with E-state index in [1.54, 1.807) is 6.26 Å². The minimum Gasteiger partial charge on any atom is -0.464 e. The third kappa shape index (κ3) is 4.15. The monoisotopic (exact) mass is 486 g/mol. The van der Waals surface area contributed by atoms with Crippen molar-refractivity contribution in [2.75, 3.05) is 0 Å². The van der Waals surface area contributed by atoms with Crippen molar-refractivity contribution in [2.45, 2.75) is 45.9 Å². The standard InChI is InChI=1S/C34H32N2O/c1-22(2)26-13-10-14-27(23(3)4)33(26)36-31-16-9-8-15-30(31)35-34(36)29-21-37-32-20-25(17-18-28(29)32)19-24-11-6-5-7-12-24/h5-18,20-23H,19H2,1-4H3/i19D2. The van der Waals surface area contributed by atoms with E-state index in [9.17, 15) is 0 Å². The van der Waals surface area contributed by atoms with Crippen LogP contribution in [0, 0.1) is 0 Å². The van der Waals surface area contributed by atoms with Crippen LogP contribution in [0.15, 0.2) is 102 Å². The molecule has 0 bridgehead atoms. The number of rotatable bonds is 6. The van der Waals surface area contributed by atoms with Gasteiger partial charge in [0.15, 0.2) is 0 Å². The average Bonchev–Trinajstić information content (AvgIpc) is 3.53. The highest BCUT2D eigenvalue weighted by Crippen LogP contribution is 2.39. The summed E-state index contributed by atoms with van der Waals surface area (Å²) in [6, 6.07) is 29.8. The van der Waals surface area contributed by atoms with Gasteiger partial charge in [-0.25, -0.2) is 4.98 Å². The Balaban J connectivity index is 1.59. The Labute approximate surface area is 221 Å². The van der Waals surface area contributed by atoms with Crippen LogP contribution in [0.1, 0.15) is 64.5 Å². The van der Waals surface area contributed by atoms with E-state index in [2.05, 4.69) is 68.7 Å². The van der Waals surface area contributed by atoms with E-state index in [1.807, 2.05) is 54.6 Å². The van der Waals surface area contributed by atoms with E-state index in [0.29, 0.717) is 28.5 Å². The fourth-order valence-corrected chi connectivity index (χ4v) is 5.17. The predicted molar refractivity (Wildman–Crippen MR) is 154 cm³/mol. The summed E-state index contributed by atoms with van der Waals surface area (Å²) in [4.78, 5) is 5.13. The molecule has 37 heavy (non-hydrogen) atoms. The van der Waals surface area contributed by atoms with Crippen LogP contribution in [0.3, 0.4) is 0 Å². The summed E-state index contributed by atoms with van der Waals surface area (Å²) >= 11 is 0. The van der Waals surface area contributed by atoms with Crippen LogP contribution in [0.4, 0.5) is 0 Å². The van der Waals surface area contributed by atoms with Gasteiger partial charge in [-0.2, -0.15) is 0 Å². The molecule has 0 amide bonds. The highest BCUT2D eigenvalue weighted by atomic mass is 16.3. The summed E-state index contributed by atoms with van der Waals surface area (Å²) < 4.78 is 26.0. The molecular formula is C34H32N2O. The van der Waals surface area contributed by atoms with Gasteiger partial charge >= 0.3 is 0 Å². The molecule has 6 aromatic rings. The Morgan fingerprint density at radius 1 is 0.784 bits per heavy atom. The Hall–Kier alpha value is -4.11. The molecule has 4 aromatic carbocycles. The first kappa shape index (κ1) is 21.0. The number of para-hydroxylation sites is 3. The zero-order valence-electron chi connectivity index (χ0n) is 23.7. The van der Waals surface area contributed by atoms with Crippen LogP contribution >= 0.6 is 0 Å². The maximum absolute atomic E-state index is 8.81. The first-order valence-electron chi connectivity index (χ1n) is 14.0. The maximum Gasteiger partial charge on any atom is 0.149 e. The van der Waals surface area contributed by atoms with Gasteiger partial charge in [0.25, 0.3) is 0 Å². The van der Waals surface area contributed by atoms with Gasteiger partial charge in [0.2, 0.25) is 0 Å². The number of benzene rings is 4. The maximum atomic E-state index is 8.81. The summed E-state index contributed by atoms with van der Waals surface area (Å²) in [5.74, 6) is 1.48. The molecule has 0 saturated heterocycles. The average molecular weight is 487 g/mol. The van der Waals surface area contributed by atoms with Crippen molar-refractivity contribution in [3.63, 3.8) is 0 Å². The third-order valence-corrected chi connectivity index (χ3v) is 7.01. The smallest absolute Gasteiger partial charge is 0.149 e.